The second kappa shape index (κ2) is 7.53. The largest absolute Gasteiger partial charge is 0.417 e. The fourth-order valence-corrected chi connectivity index (χ4v) is 2.20. The number of hydrogen-bond donors (Lipinski definition) is 2. The smallest absolute Gasteiger partial charge is 0.367 e. The minimum Gasteiger partial charge on any atom is -0.367 e. The molecule has 0 bridgehead atoms. The van der Waals surface area contributed by atoms with Gasteiger partial charge in [0.2, 0.25) is 0 Å². The predicted molar refractivity (Wildman–Crippen MR) is 86.3 cm³/mol. The molecule has 0 saturated carbocycles. The summed E-state index contributed by atoms with van der Waals surface area (Å²) in [5.74, 6) is -0.0959. The van der Waals surface area contributed by atoms with Gasteiger partial charge in [-0.2, -0.15) is 13.2 Å². The number of carbonyl (C=O) groups is 1. The molecular weight excluding hydrogens is 343 g/mol. The highest BCUT2D eigenvalue weighted by Crippen LogP contribution is 2.32. The lowest BCUT2D eigenvalue weighted by Gasteiger charge is -2.11. The van der Waals surface area contributed by atoms with E-state index in [0.29, 0.717) is 11.8 Å². The van der Waals surface area contributed by atoms with Crippen molar-refractivity contribution in [1.29, 1.82) is 0 Å². The fourth-order valence-electron chi connectivity index (χ4n) is 1.97. The van der Waals surface area contributed by atoms with Crippen LogP contribution in [0, 0.1) is 6.92 Å². The number of nitrogens with zero attached hydrogens (tertiary/aromatic N) is 1. The van der Waals surface area contributed by atoms with Gasteiger partial charge in [0.1, 0.15) is 5.82 Å². The molecule has 2 rings (SSSR count). The molecule has 0 spiro atoms. The lowest BCUT2D eigenvalue weighted by molar-refractivity contribution is -0.137. The Hall–Kier alpha value is -2.28. The number of hydrogen-bond acceptors (Lipinski definition) is 3. The SMILES string of the molecule is Cc1cccc(C(=O)NCCNc2ncc(C(F)(F)F)cc2Cl)c1. The Morgan fingerprint density at radius 1 is 1.25 bits per heavy atom. The number of aryl methyl sites for hydroxylation is 1. The molecule has 0 radical (unpaired) electrons. The monoisotopic (exact) mass is 357 g/mol. The number of aromatic nitrogens is 1. The Morgan fingerprint density at radius 2 is 2.00 bits per heavy atom. The molecule has 0 aliphatic carbocycles. The summed E-state index contributed by atoms with van der Waals surface area (Å²) in [4.78, 5) is 15.6. The van der Waals surface area contributed by atoms with Crippen molar-refractivity contribution in [1.82, 2.24) is 10.3 Å². The molecule has 2 N–H and O–H groups in total. The van der Waals surface area contributed by atoms with E-state index in [2.05, 4.69) is 15.6 Å². The van der Waals surface area contributed by atoms with Crippen LogP contribution >= 0.6 is 11.6 Å². The van der Waals surface area contributed by atoms with Crippen LogP contribution in [-0.4, -0.2) is 24.0 Å². The molecule has 0 aliphatic rings. The second-order valence-corrected chi connectivity index (χ2v) is 5.51. The van der Waals surface area contributed by atoms with Crippen LogP contribution in [-0.2, 0) is 6.18 Å². The predicted octanol–water partition coefficient (Wildman–Crippen LogP) is 3.90. The van der Waals surface area contributed by atoms with Crippen molar-refractivity contribution >= 4 is 23.3 Å². The number of pyridine rings is 1. The standard InChI is InChI=1S/C16H15ClF3N3O/c1-10-3-2-4-11(7-10)15(24)22-6-5-21-14-13(17)8-12(9-23-14)16(18,19)20/h2-4,7-9H,5-6H2,1H3,(H,21,23)(H,22,24). The van der Waals surface area contributed by atoms with Gasteiger partial charge in [-0.1, -0.05) is 29.3 Å². The van der Waals surface area contributed by atoms with Gasteiger partial charge < -0.3 is 10.6 Å². The third-order valence-corrected chi connectivity index (χ3v) is 3.44. The summed E-state index contributed by atoms with van der Waals surface area (Å²) in [7, 11) is 0. The summed E-state index contributed by atoms with van der Waals surface area (Å²) in [6, 6.07) is 7.94. The van der Waals surface area contributed by atoms with Gasteiger partial charge in [-0.05, 0) is 25.1 Å². The van der Waals surface area contributed by atoms with Crippen LogP contribution < -0.4 is 10.6 Å². The topological polar surface area (TPSA) is 54.0 Å². The maximum absolute atomic E-state index is 12.5. The molecule has 24 heavy (non-hydrogen) atoms. The van der Waals surface area contributed by atoms with Crippen molar-refractivity contribution < 1.29 is 18.0 Å². The Kier molecular flexibility index (Phi) is 5.66. The number of benzene rings is 1. The van der Waals surface area contributed by atoms with Gasteiger partial charge in [-0.3, -0.25) is 4.79 Å². The third kappa shape index (κ3) is 4.86. The molecule has 8 heteroatoms. The molecule has 0 aliphatic heterocycles. The maximum Gasteiger partial charge on any atom is 0.417 e. The second-order valence-electron chi connectivity index (χ2n) is 5.10. The molecule has 0 atom stereocenters. The Labute approximate surface area is 142 Å². The highest BCUT2D eigenvalue weighted by molar-refractivity contribution is 6.32. The Morgan fingerprint density at radius 3 is 2.62 bits per heavy atom. The fraction of sp³-hybridized carbons (Fsp3) is 0.250. The van der Waals surface area contributed by atoms with E-state index in [0.717, 1.165) is 11.6 Å². The molecule has 0 fully saturated rings. The van der Waals surface area contributed by atoms with E-state index in [1.807, 2.05) is 13.0 Å². The highest BCUT2D eigenvalue weighted by atomic mass is 35.5. The normalized spacial score (nSPS) is 11.2. The molecule has 1 aromatic heterocycles. The van der Waals surface area contributed by atoms with Crippen molar-refractivity contribution in [2.75, 3.05) is 18.4 Å². The lowest BCUT2D eigenvalue weighted by Crippen LogP contribution is -2.29. The van der Waals surface area contributed by atoms with Crippen LogP contribution in [0.4, 0.5) is 19.0 Å². The van der Waals surface area contributed by atoms with Crippen LogP contribution in [0.25, 0.3) is 0 Å². The van der Waals surface area contributed by atoms with Crippen LogP contribution in [0.1, 0.15) is 21.5 Å². The molecule has 2 aromatic rings. The highest BCUT2D eigenvalue weighted by Gasteiger charge is 2.31. The van der Waals surface area contributed by atoms with Crippen molar-refractivity contribution in [2.24, 2.45) is 0 Å². The van der Waals surface area contributed by atoms with Gasteiger partial charge in [-0.15, -0.1) is 0 Å². The van der Waals surface area contributed by atoms with E-state index >= 15 is 0 Å². The zero-order valence-electron chi connectivity index (χ0n) is 12.7. The van der Waals surface area contributed by atoms with E-state index in [4.69, 9.17) is 11.6 Å². The van der Waals surface area contributed by atoms with Gasteiger partial charge in [0.25, 0.3) is 5.91 Å². The van der Waals surface area contributed by atoms with E-state index in [-0.39, 0.29) is 29.8 Å². The summed E-state index contributed by atoms with van der Waals surface area (Å²) in [6.45, 7) is 2.43. The van der Waals surface area contributed by atoms with Gasteiger partial charge in [0.15, 0.2) is 0 Å². The van der Waals surface area contributed by atoms with Crippen LogP contribution in [0.3, 0.4) is 0 Å². The van der Waals surface area contributed by atoms with Crippen molar-refractivity contribution in [3.63, 3.8) is 0 Å². The first kappa shape index (κ1) is 18.1. The van der Waals surface area contributed by atoms with Gasteiger partial charge >= 0.3 is 6.18 Å². The van der Waals surface area contributed by atoms with Gasteiger partial charge in [-0.25, -0.2) is 4.98 Å². The first-order chi connectivity index (χ1) is 11.3. The summed E-state index contributed by atoms with van der Waals surface area (Å²) in [6.07, 6.45) is -3.78. The first-order valence-corrected chi connectivity index (χ1v) is 7.46. The molecule has 1 amide bonds. The third-order valence-electron chi connectivity index (χ3n) is 3.15. The van der Waals surface area contributed by atoms with E-state index < -0.39 is 11.7 Å². The number of rotatable bonds is 5. The minimum absolute atomic E-state index is 0.130. The number of alkyl halides is 3. The first-order valence-electron chi connectivity index (χ1n) is 7.09. The molecule has 4 nitrogen and oxygen atoms in total. The summed E-state index contributed by atoms with van der Waals surface area (Å²) >= 11 is 5.78. The average Bonchev–Trinajstić information content (AvgIpc) is 2.51. The van der Waals surface area contributed by atoms with Gasteiger partial charge in [0.05, 0.1) is 10.6 Å². The van der Waals surface area contributed by atoms with Crippen LogP contribution in [0.15, 0.2) is 36.5 Å². The van der Waals surface area contributed by atoms with Crippen LogP contribution in [0.5, 0.6) is 0 Å². The molecular formula is C16H15ClF3N3O. The van der Waals surface area contributed by atoms with Crippen molar-refractivity contribution in [3.8, 4) is 0 Å². The zero-order valence-corrected chi connectivity index (χ0v) is 13.5. The number of anilines is 1. The molecule has 0 saturated heterocycles. The van der Waals surface area contributed by atoms with Crippen molar-refractivity contribution in [3.05, 3.63) is 58.2 Å². The lowest BCUT2D eigenvalue weighted by atomic mass is 10.1. The van der Waals surface area contributed by atoms with Crippen LogP contribution in [0.2, 0.25) is 5.02 Å². The maximum atomic E-state index is 12.5. The van der Waals surface area contributed by atoms with E-state index in [9.17, 15) is 18.0 Å². The summed E-state index contributed by atoms with van der Waals surface area (Å²) in [5.41, 5.74) is 0.605. The summed E-state index contributed by atoms with van der Waals surface area (Å²) < 4.78 is 37.6. The van der Waals surface area contributed by atoms with E-state index in [1.165, 1.54) is 0 Å². The summed E-state index contributed by atoms with van der Waals surface area (Å²) in [5, 5.41) is 5.35. The molecule has 128 valence electrons. The molecule has 1 heterocycles. The van der Waals surface area contributed by atoms with Gasteiger partial charge in [0, 0.05) is 24.8 Å². The number of amides is 1. The molecule has 1 aromatic carbocycles. The average molecular weight is 358 g/mol. The van der Waals surface area contributed by atoms with Crippen molar-refractivity contribution in [2.45, 2.75) is 13.1 Å². The number of nitrogens with one attached hydrogen (secondary N) is 2. The Balaban J connectivity index is 1.85. The number of halogens is 4. The number of carbonyl (C=O) groups excluding carboxylic acids is 1. The zero-order chi connectivity index (χ0) is 17.7. The minimum atomic E-state index is -4.49. The molecule has 0 unspecified atom stereocenters. The Bertz CT molecular complexity index is 735. The van der Waals surface area contributed by atoms with E-state index in [1.54, 1.807) is 18.2 Å². The quantitative estimate of drug-likeness (QED) is 0.798.